The molecule has 2 aromatic carbocycles. The Kier molecular flexibility index (Phi) is 8.59. The molecule has 3 N–H and O–H groups in total. The molecule has 2 unspecified atom stereocenters. The number of nitrogens with one attached hydrogen (secondary N) is 2. The number of halogens is 3. The number of rotatable bonds is 10. The van der Waals surface area contributed by atoms with Crippen LogP contribution in [-0.2, 0) is 6.42 Å². The maximum absolute atomic E-state index is 14.1. The molecule has 0 radical (unpaired) electrons. The number of aliphatic hydroxyl groups is 1. The minimum Gasteiger partial charge on any atom is -0.487 e. The number of pyridine rings is 1. The van der Waals surface area contributed by atoms with E-state index in [1.165, 1.54) is 6.92 Å². The molecule has 1 aliphatic heterocycles. The number of alkyl halides is 1. The highest BCUT2D eigenvalue weighted by Gasteiger charge is 2.30. The third-order valence-electron chi connectivity index (χ3n) is 5.80. The summed E-state index contributed by atoms with van der Waals surface area (Å²) in [6.07, 6.45) is 3.22. The van der Waals surface area contributed by atoms with Gasteiger partial charge in [0, 0.05) is 42.6 Å². The van der Waals surface area contributed by atoms with Gasteiger partial charge in [0.05, 0.1) is 27.5 Å². The van der Waals surface area contributed by atoms with Crippen LogP contribution in [0.2, 0.25) is 10.0 Å². The van der Waals surface area contributed by atoms with Gasteiger partial charge >= 0.3 is 0 Å². The standard InChI is InChI=1S/C27H27Cl2FN4O2/c1-17(30)26-14-22(34(33-26)27-24(28)3-2-4-25(27)29)16-36-23-9-6-18(7-10-23)19-5-8-21(32-15-19)13-20(31)11-12-35/h2-10,14-15,17,26,31,33,35H,11-13,16H2,1H3. The molecular weight excluding hydrogens is 502 g/mol. The second-order valence-electron chi connectivity index (χ2n) is 8.50. The molecule has 0 spiro atoms. The molecule has 36 heavy (non-hydrogen) atoms. The first kappa shape index (κ1) is 26.1. The van der Waals surface area contributed by atoms with E-state index in [2.05, 4.69) is 10.4 Å². The number of hydrogen-bond acceptors (Lipinski definition) is 6. The minimum atomic E-state index is -1.12. The Labute approximate surface area is 219 Å². The fourth-order valence-electron chi connectivity index (χ4n) is 3.85. The molecule has 0 saturated heterocycles. The summed E-state index contributed by atoms with van der Waals surface area (Å²) in [6, 6.07) is 16.2. The number of hydrazine groups is 1. The number of hydrogen-bond donors (Lipinski definition) is 3. The number of para-hydroxylation sites is 1. The summed E-state index contributed by atoms with van der Waals surface area (Å²) >= 11 is 12.8. The van der Waals surface area contributed by atoms with Crippen molar-refractivity contribution in [2.24, 2.45) is 0 Å². The summed E-state index contributed by atoms with van der Waals surface area (Å²) in [5.41, 5.74) is 7.54. The molecule has 2 heterocycles. The molecule has 9 heteroatoms. The molecule has 188 valence electrons. The van der Waals surface area contributed by atoms with E-state index in [4.69, 9.17) is 38.5 Å². The van der Waals surface area contributed by atoms with Crippen LogP contribution in [0.3, 0.4) is 0 Å². The third-order valence-corrected chi connectivity index (χ3v) is 6.41. The van der Waals surface area contributed by atoms with Crippen molar-refractivity contribution in [3.63, 3.8) is 0 Å². The highest BCUT2D eigenvalue weighted by atomic mass is 35.5. The third kappa shape index (κ3) is 6.23. The van der Waals surface area contributed by atoms with E-state index in [1.54, 1.807) is 35.5 Å². The Hall–Kier alpha value is -2.97. The van der Waals surface area contributed by atoms with Gasteiger partial charge in [-0.15, -0.1) is 0 Å². The van der Waals surface area contributed by atoms with Crippen molar-refractivity contribution in [3.8, 4) is 16.9 Å². The maximum Gasteiger partial charge on any atom is 0.129 e. The van der Waals surface area contributed by atoms with Crippen LogP contribution in [0.1, 0.15) is 19.0 Å². The normalized spacial score (nSPS) is 16.1. The number of aromatic nitrogens is 1. The average Bonchev–Trinajstić information content (AvgIpc) is 3.28. The van der Waals surface area contributed by atoms with Crippen molar-refractivity contribution in [2.75, 3.05) is 18.2 Å². The molecule has 1 aliphatic rings. The largest absolute Gasteiger partial charge is 0.487 e. The van der Waals surface area contributed by atoms with E-state index in [9.17, 15) is 4.39 Å². The van der Waals surface area contributed by atoms with Crippen LogP contribution in [0.15, 0.2) is 72.6 Å². The Morgan fingerprint density at radius 2 is 1.83 bits per heavy atom. The Bertz CT molecular complexity index is 1210. The zero-order chi connectivity index (χ0) is 25.7. The molecule has 2 atom stereocenters. The topological polar surface area (TPSA) is 81.5 Å². The molecular formula is C27H27Cl2FN4O2. The van der Waals surface area contributed by atoms with E-state index in [0.717, 1.165) is 16.8 Å². The second-order valence-corrected chi connectivity index (χ2v) is 9.32. The minimum absolute atomic E-state index is 0.0273. The first-order valence-electron chi connectivity index (χ1n) is 11.6. The van der Waals surface area contributed by atoms with Gasteiger partial charge in [0.1, 0.15) is 18.5 Å². The van der Waals surface area contributed by atoms with Gasteiger partial charge in [-0.1, -0.05) is 47.5 Å². The van der Waals surface area contributed by atoms with Crippen molar-refractivity contribution in [3.05, 3.63) is 88.3 Å². The smallest absolute Gasteiger partial charge is 0.129 e. The Morgan fingerprint density at radius 1 is 1.14 bits per heavy atom. The summed E-state index contributed by atoms with van der Waals surface area (Å²) < 4.78 is 20.1. The molecule has 1 aromatic heterocycles. The highest BCUT2D eigenvalue weighted by Crippen LogP contribution is 2.37. The quantitative estimate of drug-likeness (QED) is 0.280. The number of benzene rings is 2. The van der Waals surface area contributed by atoms with Crippen LogP contribution in [0, 0.1) is 5.41 Å². The monoisotopic (exact) mass is 528 g/mol. The molecule has 0 amide bonds. The Balaban J connectivity index is 1.43. The van der Waals surface area contributed by atoms with Gasteiger partial charge in [-0.05, 0) is 48.9 Å². The van der Waals surface area contributed by atoms with Gasteiger partial charge in [0.2, 0.25) is 0 Å². The fraction of sp³-hybridized carbons (Fsp3) is 0.259. The maximum atomic E-state index is 14.1. The van der Waals surface area contributed by atoms with E-state index in [-0.39, 0.29) is 13.2 Å². The van der Waals surface area contributed by atoms with Crippen LogP contribution in [-0.4, -0.2) is 41.2 Å². The van der Waals surface area contributed by atoms with Gasteiger partial charge in [-0.3, -0.25) is 9.99 Å². The van der Waals surface area contributed by atoms with Gasteiger partial charge in [0.25, 0.3) is 0 Å². The zero-order valence-corrected chi connectivity index (χ0v) is 21.2. The molecule has 3 aromatic rings. The predicted molar refractivity (Wildman–Crippen MR) is 143 cm³/mol. The summed E-state index contributed by atoms with van der Waals surface area (Å²) in [5.74, 6) is 0.656. The molecule has 0 aliphatic carbocycles. The lowest BCUT2D eigenvalue weighted by Crippen LogP contribution is -2.41. The molecule has 0 bridgehead atoms. The van der Waals surface area contributed by atoms with Crippen molar-refractivity contribution < 1.29 is 14.2 Å². The summed E-state index contributed by atoms with van der Waals surface area (Å²) in [5, 5.41) is 19.4. The molecule has 4 rings (SSSR count). The first-order chi connectivity index (χ1) is 17.4. The van der Waals surface area contributed by atoms with Gasteiger partial charge in [-0.2, -0.15) is 0 Å². The van der Waals surface area contributed by atoms with Crippen molar-refractivity contribution in [2.45, 2.75) is 32.0 Å². The first-order valence-corrected chi connectivity index (χ1v) is 12.3. The Morgan fingerprint density at radius 3 is 2.44 bits per heavy atom. The van der Waals surface area contributed by atoms with E-state index in [0.29, 0.717) is 45.7 Å². The van der Waals surface area contributed by atoms with Crippen molar-refractivity contribution >= 4 is 34.6 Å². The lowest BCUT2D eigenvalue weighted by Gasteiger charge is -2.26. The number of anilines is 1. The van der Waals surface area contributed by atoms with Gasteiger partial charge in [-0.25, -0.2) is 9.82 Å². The van der Waals surface area contributed by atoms with Gasteiger partial charge in [0.15, 0.2) is 0 Å². The summed E-state index contributed by atoms with van der Waals surface area (Å²) in [6.45, 7) is 1.65. The second kappa shape index (κ2) is 11.8. The van der Waals surface area contributed by atoms with Crippen LogP contribution >= 0.6 is 23.2 Å². The van der Waals surface area contributed by atoms with Crippen LogP contribution in [0.4, 0.5) is 10.1 Å². The lowest BCUT2D eigenvalue weighted by molar-refractivity contribution is 0.306. The fourth-order valence-corrected chi connectivity index (χ4v) is 4.42. The van der Waals surface area contributed by atoms with Crippen molar-refractivity contribution in [1.82, 2.24) is 10.4 Å². The highest BCUT2D eigenvalue weighted by molar-refractivity contribution is 6.39. The van der Waals surface area contributed by atoms with Crippen LogP contribution in [0.5, 0.6) is 5.75 Å². The molecule has 6 nitrogen and oxygen atoms in total. The SMILES string of the molecule is CC(F)C1C=C(COc2ccc(-c3ccc(CC(=N)CCO)nc3)cc2)N(c2c(Cl)cccc2Cl)N1. The van der Waals surface area contributed by atoms with E-state index in [1.807, 2.05) is 36.4 Å². The summed E-state index contributed by atoms with van der Waals surface area (Å²) in [7, 11) is 0. The number of ether oxygens (including phenoxy) is 1. The van der Waals surface area contributed by atoms with Gasteiger partial charge < -0.3 is 15.3 Å². The van der Waals surface area contributed by atoms with Crippen LogP contribution in [0.25, 0.3) is 11.1 Å². The van der Waals surface area contributed by atoms with E-state index < -0.39 is 12.2 Å². The molecule has 0 saturated carbocycles. The lowest BCUT2D eigenvalue weighted by atomic mass is 10.1. The number of nitrogens with zero attached hydrogens (tertiary/aromatic N) is 2. The zero-order valence-electron chi connectivity index (χ0n) is 19.7. The number of aliphatic hydroxyl groups excluding tert-OH is 1. The van der Waals surface area contributed by atoms with E-state index >= 15 is 0 Å². The van der Waals surface area contributed by atoms with Crippen molar-refractivity contribution in [1.29, 1.82) is 5.41 Å². The summed E-state index contributed by atoms with van der Waals surface area (Å²) in [4.78, 5) is 4.44. The predicted octanol–water partition coefficient (Wildman–Crippen LogP) is 6.01. The molecule has 0 fully saturated rings. The average molecular weight is 529 g/mol. The van der Waals surface area contributed by atoms with Crippen LogP contribution < -0.4 is 15.2 Å².